The SMILES string of the molecule is CCCCOc1cccc(C2C(C#N)=C(N)Oc3cc(OC(=O)c4ccccc4OCCCC)ccc32)c1. The summed E-state index contributed by atoms with van der Waals surface area (Å²) in [5, 5.41) is 9.88. The number of hydrogen-bond donors (Lipinski definition) is 1. The second kappa shape index (κ2) is 12.7. The molecule has 0 amide bonds. The standard InChI is InChI=1S/C31H32N2O5/c1-3-5-16-35-22-11-9-10-21(18-22)29-24-15-14-23(19-28(24)38-30(33)26(29)20-32)37-31(34)25-12-7-8-13-27(25)36-17-6-4-2/h7-15,18-19,29H,3-6,16-17,33H2,1-2H3. The van der Waals surface area contributed by atoms with E-state index in [0.717, 1.165) is 42.6 Å². The molecule has 1 aliphatic rings. The summed E-state index contributed by atoms with van der Waals surface area (Å²) in [6.07, 6.45) is 3.87. The Kier molecular flexibility index (Phi) is 8.89. The topological polar surface area (TPSA) is 104 Å². The van der Waals surface area contributed by atoms with Crippen LogP contribution in [0.4, 0.5) is 0 Å². The first-order valence-corrected chi connectivity index (χ1v) is 12.9. The largest absolute Gasteiger partial charge is 0.494 e. The Morgan fingerprint density at radius 2 is 1.71 bits per heavy atom. The Morgan fingerprint density at radius 1 is 0.947 bits per heavy atom. The molecule has 0 fully saturated rings. The number of unbranched alkanes of at least 4 members (excludes halogenated alkanes) is 2. The molecule has 1 atom stereocenters. The van der Waals surface area contributed by atoms with Gasteiger partial charge in [0.2, 0.25) is 5.88 Å². The van der Waals surface area contributed by atoms with Gasteiger partial charge in [-0.25, -0.2) is 4.79 Å². The van der Waals surface area contributed by atoms with Crippen LogP contribution in [0.5, 0.6) is 23.0 Å². The summed E-state index contributed by atoms with van der Waals surface area (Å²) >= 11 is 0. The molecule has 0 spiro atoms. The van der Waals surface area contributed by atoms with Crippen molar-refractivity contribution in [2.45, 2.75) is 45.4 Å². The van der Waals surface area contributed by atoms with Crippen LogP contribution in [-0.4, -0.2) is 19.2 Å². The van der Waals surface area contributed by atoms with Crippen LogP contribution in [0.15, 0.2) is 78.2 Å². The average Bonchev–Trinajstić information content (AvgIpc) is 2.93. The van der Waals surface area contributed by atoms with Crippen molar-refractivity contribution in [3.8, 4) is 29.1 Å². The number of ether oxygens (including phenoxy) is 4. The minimum atomic E-state index is -0.539. The normalized spacial score (nSPS) is 14.2. The van der Waals surface area contributed by atoms with Crippen molar-refractivity contribution in [2.75, 3.05) is 13.2 Å². The summed E-state index contributed by atoms with van der Waals surface area (Å²) < 4.78 is 23.1. The molecule has 0 bridgehead atoms. The fourth-order valence-corrected chi connectivity index (χ4v) is 4.21. The molecular formula is C31H32N2O5. The smallest absolute Gasteiger partial charge is 0.347 e. The van der Waals surface area contributed by atoms with E-state index in [0.29, 0.717) is 41.6 Å². The molecule has 1 unspecified atom stereocenters. The molecule has 7 heteroatoms. The number of allylic oxidation sites excluding steroid dienone is 1. The van der Waals surface area contributed by atoms with E-state index in [4.69, 9.17) is 24.7 Å². The summed E-state index contributed by atoms with van der Waals surface area (Å²) in [5.41, 5.74) is 8.41. The van der Waals surface area contributed by atoms with E-state index in [1.165, 1.54) is 0 Å². The van der Waals surface area contributed by atoms with Crippen molar-refractivity contribution < 1.29 is 23.7 Å². The van der Waals surface area contributed by atoms with Crippen LogP contribution in [-0.2, 0) is 0 Å². The second-order valence-electron chi connectivity index (χ2n) is 8.99. The zero-order chi connectivity index (χ0) is 26.9. The first-order valence-electron chi connectivity index (χ1n) is 12.9. The van der Waals surface area contributed by atoms with Gasteiger partial charge in [0.25, 0.3) is 0 Å². The van der Waals surface area contributed by atoms with Gasteiger partial charge in [0.05, 0.1) is 19.1 Å². The molecule has 7 nitrogen and oxygen atoms in total. The van der Waals surface area contributed by atoms with Crippen molar-refractivity contribution >= 4 is 5.97 Å². The van der Waals surface area contributed by atoms with Crippen molar-refractivity contribution in [1.82, 2.24) is 0 Å². The molecule has 0 aliphatic carbocycles. The number of benzene rings is 3. The van der Waals surface area contributed by atoms with Gasteiger partial charge in [0.1, 0.15) is 40.2 Å². The van der Waals surface area contributed by atoms with Crippen LogP contribution in [0.3, 0.4) is 0 Å². The molecule has 2 N–H and O–H groups in total. The fraction of sp³-hybridized carbons (Fsp3) is 0.290. The van der Waals surface area contributed by atoms with Gasteiger partial charge in [0, 0.05) is 11.6 Å². The number of para-hydroxylation sites is 1. The monoisotopic (exact) mass is 512 g/mol. The van der Waals surface area contributed by atoms with Gasteiger partial charge >= 0.3 is 5.97 Å². The van der Waals surface area contributed by atoms with Gasteiger partial charge in [-0.05, 0) is 48.7 Å². The third-order valence-corrected chi connectivity index (χ3v) is 6.22. The highest BCUT2D eigenvalue weighted by molar-refractivity contribution is 5.94. The lowest BCUT2D eigenvalue weighted by atomic mass is 9.83. The van der Waals surface area contributed by atoms with Gasteiger partial charge in [-0.3, -0.25) is 0 Å². The molecule has 1 aliphatic heterocycles. The predicted molar refractivity (Wildman–Crippen MR) is 144 cm³/mol. The van der Waals surface area contributed by atoms with E-state index in [-0.39, 0.29) is 5.88 Å². The van der Waals surface area contributed by atoms with Gasteiger partial charge < -0.3 is 24.7 Å². The molecule has 3 aromatic rings. The van der Waals surface area contributed by atoms with Crippen molar-refractivity contribution in [3.63, 3.8) is 0 Å². The molecule has 4 rings (SSSR count). The molecule has 0 saturated carbocycles. The Balaban J connectivity index is 1.60. The minimum Gasteiger partial charge on any atom is -0.494 e. The number of nitrogens with zero attached hydrogens (tertiary/aromatic N) is 1. The number of hydrogen-bond acceptors (Lipinski definition) is 7. The highest BCUT2D eigenvalue weighted by atomic mass is 16.5. The van der Waals surface area contributed by atoms with Crippen molar-refractivity contribution in [2.24, 2.45) is 5.73 Å². The van der Waals surface area contributed by atoms with Crippen molar-refractivity contribution in [3.05, 3.63) is 94.9 Å². The molecule has 38 heavy (non-hydrogen) atoms. The van der Waals surface area contributed by atoms with Crippen LogP contribution < -0.4 is 24.7 Å². The van der Waals surface area contributed by atoms with Crippen LogP contribution >= 0.6 is 0 Å². The number of carbonyl (C=O) groups excluding carboxylic acids is 1. The van der Waals surface area contributed by atoms with Crippen LogP contribution in [0, 0.1) is 11.3 Å². The molecule has 0 aromatic heterocycles. The number of esters is 1. The maximum Gasteiger partial charge on any atom is 0.347 e. The highest BCUT2D eigenvalue weighted by Gasteiger charge is 2.31. The molecule has 1 heterocycles. The highest BCUT2D eigenvalue weighted by Crippen LogP contribution is 2.44. The van der Waals surface area contributed by atoms with Crippen LogP contribution in [0.1, 0.15) is 66.9 Å². The zero-order valence-electron chi connectivity index (χ0n) is 21.7. The van der Waals surface area contributed by atoms with E-state index in [9.17, 15) is 10.1 Å². The van der Waals surface area contributed by atoms with E-state index < -0.39 is 11.9 Å². The summed E-state index contributed by atoms with van der Waals surface area (Å²) in [5.74, 6) is 0.943. The quantitative estimate of drug-likeness (QED) is 0.178. The van der Waals surface area contributed by atoms with Gasteiger partial charge in [0.15, 0.2) is 0 Å². The van der Waals surface area contributed by atoms with Gasteiger partial charge in [-0.1, -0.05) is 57.0 Å². The lowest BCUT2D eigenvalue weighted by Gasteiger charge is -2.27. The van der Waals surface area contributed by atoms with E-state index in [1.54, 1.807) is 36.4 Å². The molecular weight excluding hydrogens is 480 g/mol. The number of fused-ring (bicyclic) bond motifs is 1. The number of nitrogens with two attached hydrogens (primary N) is 1. The summed E-state index contributed by atoms with van der Waals surface area (Å²) in [6.45, 7) is 5.32. The fourth-order valence-electron chi connectivity index (χ4n) is 4.21. The average molecular weight is 513 g/mol. The third kappa shape index (κ3) is 6.09. The summed E-state index contributed by atoms with van der Waals surface area (Å²) in [6, 6.07) is 21.9. The van der Waals surface area contributed by atoms with E-state index in [1.807, 2.05) is 30.3 Å². The van der Waals surface area contributed by atoms with E-state index >= 15 is 0 Å². The molecule has 0 saturated heterocycles. The van der Waals surface area contributed by atoms with Gasteiger partial charge in [-0.15, -0.1) is 0 Å². The van der Waals surface area contributed by atoms with Crippen molar-refractivity contribution in [1.29, 1.82) is 5.26 Å². The number of rotatable bonds is 11. The Hall–Kier alpha value is -4.44. The molecule has 3 aromatic carbocycles. The Bertz CT molecular complexity index is 1360. The maximum absolute atomic E-state index is 13.0. The predicted octanol–water partition coefficient (Wildman–Crippen LogP) is 6.48. The lowest BCUT2D eigenvalue weighted by Crippen LogP contribution is -2.21. The second-order valence-corrected chi connectivity index (χ2v) is 8.99. The molecule has 0 radical (unpaired) electrons. The van der Waals surface area contributed by atoms with Crippen LogP contribution in [0.25, 0.3) is 0 Å². The maximum atomic E-state index is 13.0. The zero-order valence-corrected chi connectivity index (χ0v) is 21.7. The number of carbonyl (C=O) groups is 1. The Labute approximate surface area is 223 Å². The summed E-state index contributed by atoms with van der Waals surface area (Å²) in [7, 11) is 0. The van der Waals surface area contributed by atoms with E-state index in [2.05, 4.69) is 19.9 Å². The summed E-state index contributed by atoms with van der Waals surface area (Å²) in [4.78, 5) is 13.0. The third-order valence-electron chi connectivity index (χ3n) is 6.22. The Morgan fingerprint density at radius 3 is 2.47 bits per heavy atom. The minimum absolute atomic E-state index is 0.0143. The van der Waals surface area contributed by atoms with Crippen LogP contribution in [0.2, 0.25) is 0 Å². The number of nitriles is 1. The van der Waals surface area contributed by atoms with Gasteiger partial charge in [-0.2, -0.15) is 5.26 Å². The first-order chi connectivity index (χ1) is 18.5. The lowest BCUT2D eigenvalue weighted by molar-refractivity contribution is 0.0730. The first kappa shape index (κ1) is 26.6. The molecule has 196 valence electrons.